The number of rotatable bonds is 28. The van der Waals surface area contributed by atoms with Crippen molar-refractivity contribution in [1.82, 2.24) is 0 Å². The van der Waals surface area contributed by atoms with Gasteiger partial charge in [-0.2, -0.15) is 0 Å². The largest absolute Gasteiger partial charge is 0.462 e. The maximum Gasteiger partial charge on any atom is 0.339 e. The van der Waals surface area contributed by atoms with Crippen LogP contribution >= 0.6 is 0 Å². The summed E-state index contributed by atoms with van der Waals surface area (Å²) in [5.41, 5.74) is -0.808. The number of hydrogen-bond donors (Lipinski definition) is 0. The number of benzene rings is 1. The molecule has 0 aliphatic carbocycles. The molecule has 0 spiro atoms. The zero-order valence-corrected chi connectivity index (χ0v) is 32.9. The van der Waals surface area contributed by atoms with Crippen molar-refractivity contribution in [1.29, 1.82) is 0 Å². The minimum atomic E-state index is -0.848. The van der Waals surface area contributed by atoms with Crippen molar-refractivity contribution in [2.45, 2.75) is 158 Å². The van der Waals surface area contributed by atoms with Crippen LogP contribution in [0.5, 0.6) is 0 Å². The van der Waals surface area contributed by atoms with Crippen molar-refractivity contribution in [2.75, 3.05) is 26.4 Å². The van der Waals surface area contributed by atoms with E-state index in [0.717, 1.165) is 103 Å². The van der Waals surface area contributed by atoms with E-state index in [4.69, 9.17) is 18.9 Å². The lowest BCUT2D eigenvalue weighted by molar-refractivity contribution is 0.0346. The van der Waals surface area contributed by atoms with Crippen molar-refractivity contribution < 1.29 is 38.1 Å². The second-order valence-electron chi connectivity index (χ2n) is 14.0. The fourth-order valence-corrected chi connectivity index (χ4v) is 6.03. The van der Waals surface area contributed by atoms with Crippen molar-refractivity contribution >= 4 is 23.9 Å². The highest BCUT2D eigenvalue weighted by atomic mass is 16.5. The fourth-order valence-electron chi connectivity index (χ4n) is 6.03. The third-order valence-electron chi connectivity index (χ3n) is 10.0. The smallest absolute Gasteiger partial charge is 0.339 e. The highest BCUT2D eigenvalue weighted by molar-refractivity contribution is 6.15. The van der Waals surface area contributed by atoms with Gasteiger partial charge in [-0.05, 0) is 61.5 Å². The van der Waals surface area contributed by atoms with Gasteiger partial charge in [0, 0.05) is 0 Å². The average molecular weight is 703 g/mol. The minimum Gasteiger partial charge on any atom is -0.462 e. The molecule has 4 unspecified atom stereocenters. The summed E-state index contributed by atoms with van der Waals surface area (Å²) >= 11 is 0. The van der Waals surface area contributed by atoms with Crippen molar-refractivity contribution in [3.63, 3.8) is 0 Å². The Morgan fingerprint density at radius 3 is 0.880 bits per heavy atom. The van der Waals surface area contributed by atoms with E-state index in [1.54, 1.807) is 0 Å². The lowest BCUT2D eigenvalue weighted by Gasteiger charge is -2.21. The Morgan fingerprint density at radius 1 is 0.420 bits per heavy atom. The van der Waals surface area contributed by atoms with E-state index in [1.165, 1.54) is 12.1 Å². The van der Waals surface area contributed by atoms with E-state index in [0.29, 0.717) is 0 Å². The van der Waals surface area contributed by atoms with Crippen molar-refractivity contribution in [2.24, 2.45) is 23.7 Å². The highest BCUT2D eigenvalue weighted by Gasteiger charge is 2.34. The number of hydrogen-bond acceptors (Lipinski definition) is 8. The quantitative estimate of drug-likeness (QED) is 0.0627. The summed E-state index contributed by atoms with van der Waals surface area (Å²) in [7, 11) is 0. The average Bonchev–Trinajstić information content (AvgIpc) is 3.13. The van der Waals surface area contributed by atoms with Gasteiger partial charge in [-0.3, -0.25) is 0 Å². The van der Waals surface area contributed by atoms with Gasteiger partial charge in [0.05, 0.1) is 48.7 Å². The number of unbranched alkanes of at least 4 members (excludes halogenated alkanes) is 4. The third kappa shape index (κ3) is 16.0. The van der Waals surface area contributed by atoms with E-state index in [2.05, 4.69) is 41.5 Å². The zero-order chi connectivity index (χ0) is 37.3. The molecule has 0 heterocycles. The first kappa shape index (κ1) is 45.1. The normalized spacial score (nSPS) is 13.6. The molecule has 0 bridgehead atoms. The van der Waals surface area contributed by atoms with E-state index < -0.39 is 23.9 Å². The molecule has 0 saturated heterocycles. The van der Waals surface area contributed by atoms with Crippen LogP contribution in [0.2, 0.25) is 0 Å². The molecule has 8 heteroatoms. The second-order valence-corrected chi connectivity index (χ2v) is 14.0. The molecule has 0 aliphatic heterocycles. The lowest BCUT2D eigenvalue weighted by atomic mass is 9.94. The van der Waals surface area contributed by atoms with Crippen molar-refractivity contribution in [3.8, 4) is 0 Å². The van der Waals surface area contributed by atoms with Crippen LogP contribution in [0.3, 0.4) is 0 Å². The fraction of sp³-hybridized carbons (Fsp3) is 0.762. The highest BCUT2D eigenvalue weighted by Crippen LogP contribution is 2.27. The summed E-state index contributed by atoms with van der Waals surface area (Å²) in [6, 6.07) is 2.77. The van der Waals surface area contributed by atoms with Gasteiger partial charge in [-0.1, -0.05) is 132 Å². The Hall–Kier alpha value is -2.90. The first-order chi connectivity index (χ1) is 24.1. The first-order valence-electron chi connectivity index (χ1n) is 20.0. The molecule has 0 saturated carbocycles. The van der Waals surface area contributed by atoms with Gasteiger partial charge in [0.15, 0.2) is 0 Å². The van der Waals surface area contributed by atoms with E-state index in [1.807, 2.05) is 13.8 Å². The SMILES string of the molecule is CCCCC(CC)COC(=O)c1ccc(C(=O)OCC(CC)CCCC)c(C(=O)OCC(CC)CCCC)c1C(=O)OCC(CC)CCCC. The molecule has 0 fully saturated rings. The van der Waals surface area contributed by atoms with E-state index in [9.17, 15) is 19.2 Å². The molecular formula is C42H70O8. The molecule has 0 aliphatic rings. The molecule has 8 nitrogen and oxygen atoms in total. The molecule has 0 aromatic heterocycles. The summed E-state index contributed by atoms with van der Waals surface area (Å²) in [6.45, 7) is 17.3. The Morgan fingerprint density at radius 2 is 0.660 bits per heavy atom. The number of carbonyl (C=O) groups is 4. The monoisotopic (exact) mass is 703 g/mol. The standard InChI is InChI=1S/C42H70O8/c1-9-17-21-31(13-5)27-47-39(43)35-25-26-36(40(44)48-28-32(14-6)22-18-10-2)38(42(46)50-30-34(16-8)24-20-12-4)37(35)41(45)49-29-33(15-7)23-19-11-3/h25-26,31-34H,9-24,27-30H2,1-8H3. The third-order valence-corrected chi connectivity index (χ3v) is 10.0. The number of ether oxygens (including phenoxy) is 4. The van der Waals surface area contributed by atoms with Crippen molar-refractivity contribution in [3.05, 3.63) is 34.4 Å². The summed E-state index contributed by atoms with van der Waals surface area (Å²) in [5, 5.41) is 0. The van der Waals surface area contributed by atoms with E-state index >= 15 is 0 Å². The molecule has 1 aromatic rings. The summed E-state index contributed by atoms with van der Waals surface area (Å²) < 4.78 is 23.3. The second kappa shape index (κ2) is 26.8. The van der Waals surface area contributed by atoms with Crippen LogP contribution < -0.4 is 0 Å². The molecule has 0 N–H and O–H groups in total. The molecule has 286 valence electrons. The summed E-state index contributed by atoms with van der Waals surface area (Å²) in [6.07, 6.45) is 15.1. The Balaban J connectivity index is 3.72. The van der Waals surface area contributed by atoms with Gasteiger partial charge in [-0.25, -0.2) is 19.2 Å². The number of carbonyl (C=O) groups excluding carboxylic acids is 4. The van der Waals surface area contributed by atoms with Gasteiger partial charge in [0.2, 0.25) is 0 Å². The molecule has 50 heavy (non-hydrogen) atoms. The van der Waals surface area contributed by atoms with Gasteiger partial charge in [0.25, 0.3) is 0 Å². The summed E-state index contributed by atoms with van der Waals surface area (Å²) in [5.74, 6) is -2.58. The van der Waals surface area contributed by atoms with Crippen LogP contribution in [-0.2, 0) is 18.9 Å². The van der Waals surface area contributed by atoms with Gasteiger partial charge in [-0.15, -0.1) is 0 Å². The molecule has 4 atom stereocenters. The first-order valence-corrected chi connectivity index (χ1v) is 20.0. The molecule has 0 radical (unpaired) electrons. The minimum absolute atomic E-state index is 0.113. The van der Waals surface area contributed by atoms with Crippen LogP contribution in [0.25, 0.3) is 0 Å². The molecular weight excluding hydrogens is 632 g/mol. The zero-order valence-electron chi connectivity index (χ0n) is 32.9. The lowest BCUT2D eigenvalue weighted by Crippen LogP contribution is -2.26. The van der Waals surface area contributed by atoms with Crippen LogP contribution in [-0.4, -0.2) is 50.3 Å². The Bertz CT molecular complexity index is 1040. The van der Waals surface area contributed by atoms with E-state index in [-0.39, 0.29) is 72.4 Å². The maximum absolute atomic E-state index is 14.1. The van der Waals surface area contributed by atoms with Gasteiger partial charge in [0.1, 0.15) is 0 Å². The van der Waals surface area contributed by atoms with Crippen LogP contribution in [0, 0.1) is 23.7 Å². The molecule has 1 rings (SSSR count). The molecule has 1 aromatic carbocycles. The maximum atomic E-state index is 14.1. The topological polar surface area (TPSA) is 105 Å². The van der Waals surface area contributed by atoms with Crippen LogP contribution in [0.15, 0.2) is 12.1 Å². The van der Waals surface area contributed by atoms with Gasteiger partial charge >= 0.3 is 23.9 Å². The van der Waals surface area contributed by atoms with Crippen LogP contribution in [0.1, 0.15) is 200 Å². The Kier molecular flexibility index (Phi) is 24.2. The predicted molar refractivity (Wildman–Crippen MR) is 201 cm³/mol. The Labute approximate surface area is 304 Å². The summed E-state index contributed by atoms with van der Waals surface area (Å²) in [4.78, 5) is 55.6. The molecule has 0 amide bonds. The predicted octanol–water partition coefficient (Wildman–Crippen LogP) is 11.2. The van der Waals surface area contributed by atoms with Crippen LogP contribution in [0.4, 0.5) is 0 Å². The number of esters is 4. The van der Waals surface area contributed by atoms with Gasteiger partial charge < -0.3 is 18.9 Å².